The smallest absolute Gasteiger partial charge is 0.321 e. The Hall–Kier alpha value is -2.25. The molecule has 1 aromatic heterocycles. The molecule has 1 saturated carbocycles. The van der Waals surface area contributed by atoms with E-state index in [9.17, 15) is 14.3 Å². The summed E-state index contributed by atoms with van der Waals surface area (Å²) < 4.78 is 16.5. The third-order valence-corrected chi connectivity index (χ3v) is 10.3. The van der Waals surface area contributed by atoms with E-state index in [-0.39, 0.29) is 29.1 Å². The average Bonchev–Trinajstić information content (AvgIpc) is 3.59. The van der Waals surface area contributed by atoms with Gasteiger partial charge in [-0.25, -0.2) is 4.39 Å². The summed E-state index contributed by atoms with van der Waals surface area (Å²) in [6.45, 7) is 12.5. The van der Waals surface area contributed by atoms with Crippen molar-refractivity contribution >= 4 is 5.97 Å². The molecule has 3 aliphatic rings. The van der Waals surface area contributed by atoms with Crippen molar-refractivity contribution in [3.63, 3.8) is 0 Å². The SMILES string of the molecule is CCc1nn(CC)c2c1C1(CC2)CCN(C[C@H]2C[C@H](N(C)[C@@H](C(=O)O)C(C)C)C[C@@H]2c2cccc(F)c2)CC1. The van der Waals surface area contributed by atoms with Crippen molar-refractivity contribution in [1.82, 2.24) is 19.6 Å². The van der Waals surface area contributed by atoms with Crippen LogP contribution in [0, 0.1) is 17.7 Å². The Morgan fingerprint density at radius 3 is 2.56 bits per heavy atom. The zero-order valence-electron chi connectivity index (χ0n) is 24.5. The van der Waals surface area contributed by atoms with Crippen LogP contribution < -0.4 is 0 Å². The number of aryl methyl sites for hydroxylation is 2. The average molecular weight is 539 g/mol. The maximum atomic E-state index is 14.3. The molecule has 39 heavy (non-hydrogen) atoms. The van der Waals surface area contributed by atoms with Gasteiger partial charge in [-0.15, -0.1) is 0 Å². The number of hydrogen-bond donors (Lipinski definition) is 1. The number of likely N-dealkylation sites (tertiary alicyclic amines) is 1. The van der Waals surface area contributed by atoms with Crippen LogP contribution in [0.15, 0.2) is 24.3 Å². The zero-order valence-corrected chi connectivity index (χ0v) is 24.5. The van der Waals surface area contributed by atoms with Gasteiger partial charge in [-0.1, -0.05) is 32.9 Å². The van der Waals surface area contributed by atoms with Gasteiger partial charge in [0.2, 0.25) is 0 Å². The first kappa shape index (κ1) is 28.3. The summed E-state index contributed by atoms with van der Waals surface area (Å²) in [6.07, 6.45) is 7.57. The number of halogens is 1. The van der Waals surface area contributed by atoms with Gasteiger partial charge in [0.25, 0.3) is 0 Å². The molecule has 1 aliphatic heterocycles. The highest BCUT2D eigenvalue weighted by Gasteiger charge is 2.46. The molecule has 1 N–H and O–H groups in total. The van der Waals surface area contributed by atoms with Gasteiger partial charge in [0, 0.05) is 35.8 Å². The quantitative estimate of drug-likeness (QED) is 0.458. The van der Waals surface area contributed by atoms with Crippen molar-refractivity contribution in [1.29, 1.82) is 0 Å². The predicted octanol–water partition coefficient (Wildman–Crippen LogP) is 5.49. The molecule has 0 unspecified atom stereocenters. The van der Waals surface area contributed by atoms with Gasteiger partial charge in [0.1, 0.15) is 11.9 Å². The lowest BCUT2D eigenvalue weighted by Gasteiger charge is -2.41. The topological polar surface area (TPSA) is 61.6 Å². The van der Waals surface area contributed by atoms with E-state index >= 15 is 0 Å². The van der Waals surface area contributed by atoms with Gasteiger partial charge in [0.05, 0.1) is 5.69 Å². The maximum absolute atomic E-state index is 14.3. The monoisotopic (exact) mass is 538 g/mol. The van der Waals surface area contributed by atoms with Gasteiger partial charge < -0.3 is 10.0 Å². The molecule has 0 bridgehead atoms. The summed E-state index contributed by atoms with van der Waals surface area (Å²) in [4.78, 5) is 16.8. The van der Waals surface area contributed by atoms with E-state index in [2.05, 4.69) is 34.4 Å². The number of likely N-dealkylation sites (N-methyl/N-ethyl adjacent to an activating group) is 1. The van der Waals surface area contributed by atoms with E-state index in [0.717, 1.165) is 57.4 Å². The molecule has 2 aromatic rings. The molecule has 2 heterocycles. The fourth-order valence-corrected chi connectivity index (χ4v) is 8.34. The van der Waals surface area contributed by atoms with Crippen molar-refractivity contribution in [3.05, 3.63) is 52.6 Å². The van der Waals surface area contributed by atoms with Crippen LogP contribution in [0.25, 0.3) is 0 Å². The van der Waals surface area contributed by atoms with Crippen LogP contribution in [0.4, 0.5) is 4.39 Å². The summed E-state index contributed by atoms with van der Waals surface area (Å²) in [5, 5.41) is 14.9. The first-order chi connectivity index (χ1) is 18.7. The Bertz CT molecular complexity index is 1170. The minimum atomic E-state index is -0.756. The van der Waals surface area contributed by atoms with Gasteiger partial charge >= 0.3 is 5.97 Å². The molecule has 5 rings (SSSR count). The third kappa shape index (κ3) is 5.29. The van der Waals surface area contributed by atoms with E-state index in [1.807, 2.05) is 27.0 Å². The number of benzene rings is 1. The lowest BCUT2D eigenvalue weighted by Crippen LogP contribution is -2.47. The molecule has 1 saturated heterocycles. The molecule has 2 aliphatic carbocycles. The fraction of sp³-hybridized carbons (Fsp3) is 0.688. The highest BCUT2D eigenvalue weighted by molar-refractivity contribution is 5.73. The van der Waals surface area contributed by atoms with Gasteiger partial charge in [0.15, 0.2) is 0 Å². The van der Waals surface area contributed by atoms with Gasteiger partial charge in [-0.05, 0) is 107 Å². The van der Waals surface area contributed by atoms with Crippen molar-refractivity contribution in [3.8, 4) is 0 Å². The Morgan fingerprint density at radius 2 is 1.95 bits per heavy atom. The second-order valence-electron chi connectivity index (χ2n) is 12.8. The highest BCUT2D eigenvalue weighted by atomic mass is 19.1. The molecule has 4 atom stereocenters. The number of nitrogens with zero attached hydrogens (tertiary/aromatic N) is 4. The normalized spacial score (nSPS) is 25.6. The molecule has 1 spiro atoms. The highest BCUT2D eigenvalue weighted by Crippen LogP contribution is 2.49. The summed E-state index contributed by atoms with van der Waals surface area (Å²) in [6, 6.07) is 6.75. The van der Waals surface area contributed by atoms with Crippen molar-refractivity contribution in [2.24, 2.45) is 11.8 Å². The van der Waals surface area contributed by atoms with Crippen LogP contribution in [0.3, 0.4) is 0 Å². The Morgan fingerprint density at radius 1 is 1.21 bits per heavy atom. The van der Waals surface area contributed by atoms with Crippen molar-refractivity contribution < 1.29 is 14.3 Å². The summed E-state index contributed by atoms with van der Waals surface area (Å²) >= 11 is 0. The van der Waals surface area contributed by atoms with E-state index in [1.54, 1.807) is 11.6 Å². The molecule has 0 amide bonds. The number of carboxylic acid groups (broad SMARTS) is 1. The largest absolute Gasteiger partial charge is 0.480 e. The van der Waals surface area contributed by atoms with Gasteiger partial charge in [-0.3, -0.25) is 14.4 Å². The Balaban J connectivity index is 1.32. The first-order valence-corrected chi connectivity index (χ1v) is 15.2. The lowest BCUT2D eigenvalue weighted by molar-refractivity contribution is -0.145. The third-order valence-electron chi connectivity index (χ3n) is 10.3. The maximum Gasteiger partial charge on any atom is 0.321 e. The molecule has 2 fully saturated rings. The minimum absolute atomic E-state index is 0.0267. The van der Waals surface area contributed by atoms with Crippen LogP contribution in [-0.2, 0) is 29.6 Å². The van der Waals surface area contributed by atoms with E-state index in [1.165, 1.54) is 36.7 Å². The van der Waals surface area contributed by atoms with Crippen LogP contribution in [-0.4, -0.2) is 69.4 Å². The zero-order chi connectivity index (χ0) is 27.9. The fourth-order valence-electron chi connectivity index (χ4n) is 8.34. The first-order valence-electron chi connectivity index (χ1n) is 15.2. The molecule has 0 radical (unpaired) electrons. The summed E-state index contributed by atoms with van der Waals surface area (Å²) in [7, 11) is 1.97. The number of piperidine rings is 1. The molecule has 1 aromatic carbocycles. The number of aliphatic carboxylic acids is 1. The molecule has 7 heteroatoms. The molecule has 6 nitrogen and oxygen atoms in total. The van der Waals surface area contributed by atoms with E-state index in [0.29, 0.717) is 5.92 Å². The summed E-state index contributed by atoms with van der Waals surface area (Å²) in [5.74, 6) is -0.307. The lowest BCUT2D eigenvalue weighted by atomic mass is 9.73. The van der Waals surface area contributed by atoms with Crippen LogP contribution >= 0.6 is 0 Å². The second-order valence-corrected chi connectivity index (χ2v) is 12.8. The summed E-state index contributed by atoms with van der Waals surface area (Å²) in [5.41, 5.74) is 5.69. The Kier molecular flexibility index (Phi) is 8.21. The predicted molar refractivity (Wildman–Crippen MR) is 153 cm³/mol. The second kappa shape index (κ2) is 11.3. The van der Waals surface area contributed by atoms with E-state index in [4.69, 9.17) is 5.10 Å². The minimum Gasteiger partial charge on any atom is -0.480 e. The van der Waals surface area contributed by atoms with Crippen LogP contribution in [0.1, 0.15) is 88.2 Å². The molecular formula is C32H47FN4O2. The van der Waals surface area contributed by atoms with Crippen molar-refractivity contribution in [2.45, 2.75) is 103 Å². The molecular weight excluding hydrogens is 491 g/mol. The number of carbonyl (C=O) groups is 1. The molecule has 214 valence electrons. The number of rotatable bonds is 9. The number of carboxylic acids is 1. The number of hydrogen-bond acceptors (Lipinski definition) is 4. The van der Waals surface area contributed by atoms with Crippen LogP contribution in [0.5, 0.6) is 0 Å². The van der Waals surface area contributed by atoms with Gasteiger partial charge in [-0.2, -0.15) is 5.10 Å². The van der Waals surface area contributed by atoms with Crippen molar-refractivity contribution in [2.75, 3.05) is 26.7 Å². The van der Waals surface area contributed by atoms with E-state index < -0.39 is 12.0 Å². The van der Waals surface area contributed by atoms with Crippen LogP contribution in [0.2, 0.25) is 0 Å². The number of fused-ring (bicyclic) bond motifs is 2. The number of aromatic nitrogens is 2. The standard InChI is InChI=1S/C32H47FN4O2/c1-6-27-29-28(37(7-2)34-27)11-12-32(29)13-15-36(16-14-32)20-23-18-25(35(5)30(21(3)4)31(38)39)19-26(23)22-9-8-10-24(33)17-22/h8-10,17,21,23,25-26,30H,6-7,11-16,18-20H2,1-5H3,(H,38,39)/t23-,25+,26-,30-/m1/s1. The Labute approximate surface area is 233 Å².